The van der Waals surface area contributed by atoms with Gasteiger partial charge in [0.05, 0.1) is 5.92 Å². The zero-order valence-corrected chi connectivity index (χ0v) is 12.4. The topological polar surface area (TPSA) is 43.4 Å². The van der Waals surface area contributed by atoms with Gasteiger partial charge in [-0.2, -0.15) is 0 Å². The molecule has 0 heterocycles. The molecule has 0 spiro atoms. The van der Waals surface area contributed by atoms with Crippen LogP contribution in [-0.4, -0.2) is 11.8 Å². The molecule has 0 aliphatic heterocycles. The summed E-state index contributed by atoms with van der Waals surface area (Å²) in [6.07, 6.45) is -0.0243. The van der Waals surface area contributed by atoms with Crippen molar-refractivity contribution >= 4 is 11.8 Å². The minimum atomic E-state index is -0.871. The lowest BCUT2D eigenvalue weighted by molar-refractivity contribution is -0.149. The highest BCUT2D eigenvalue weighted by Crippen LogP contribution is 2.40. The number of Topliss-reactive ketones (excluding diaryl/α,β-unsaturated/α-hetero) is 1. The van der Waals surface area contributed by atoms with E-state index in [4.69, 9.17) is 4.74 Å². The number of carbonyl (C=O) groups is 2. The number of benzene rings is 2. The third-order valence-electron chi connectivity index (χ3n) is 4.04. The van der Waals surface area contributed by atoms with E-state index in [9.17, 15) is 9.59 Å². The quantitative estimate of drug-likeness (QED) is 0.622. The number of ketones is 1. The van der Waals surface area contributed by atoms with Crippen LogP contribution in [0.1, 0.15) is 35.4 Å². The van der Waals surface area contributed by atoms with Crippen LogP contribution >= 0.6 is 0 Å². The van der Waals surface area contributed by atoms with Gasteiger partial charge in [0.25, 0.3) is 0 Å². The summed E-state index contributed by atoms with van der Waals surface area (Å²) < 4.78 is 5.56. The lowest BCUT2D eigenvalue weighted by Gasteiger charge is -2.17. The Balaban J connectivity index is 1.86. The summed E-state index contributed by atoms with van der Waals surface area (Å²) in [4.78, 5) is 24.9. The first-order valence-corrected chi connectivity index (χ1v) is 7.51. The average molecular weight is 294 g/mol. The van der Waals surface area contributed by atoms with Crippen LogP contribution in [-0.2, 0) is 9.53 Å². The predicted octanol–water partition coefficient (Wildman–Crippen LogP) is 3.81. The van der Waals surface area contributed by atoms with Gasteiger partial charge in [0.15, 0.2) is 6.10 Å². The van der Waals surface area contributed by atoms with Crippen LogP contribution in [0.3, 0.4) is 0 Å². The van der Waals surface area contributed by atoms with Gasteiger partial charge in [-0.25, -0.2) is 0 Å². The van der Waals surface area contributed by atoms with Crippen molar-refractivity contribution in [2.24, 2.45) is 11.8 Å². The highest BCUT2D eigenvalue weighted by molar-refractivity contribution is 6.01. The van der Waals surface area contributed by atoms with Crippen LogP contribution in [0.5, 0.6) is 0 Å². The summed E-state index contributed by atoms with van der Waals surface area (Å²) in [6, 6.07) is 18.1. The molecule has 3 unspecified atom stereocenters. The molecule has 2 aromatic rings. The Morgan fingerprint density at radius 3 is 2.09 bits per heavy atom. The molecule has 1 aliphatic rings. The lowest BCUT2D eigenvalue weighted by atomic mass is 10.00. The van der Waals surface area contributed by atoms with E-state index in [1.165, 1.54) is 0 Å². The molecular weight excluding hydrogens is 276 g/mol. The highest BCUT2D eigenvalue weighted by atomic mass is 16.5. The molecule has 1 aliphatic carbocycles. The molecule has 0 aromatic heterocycles. The smallest absolute Gasteiger partial charge is 0.310 e. The number of ether oxygens (including phenoxy) is 1. The van der Waals surface area contributed by atoms with E-state index < -0.39 is 6.10 Å². The lowest BCUT2D eigenvalue weighted by Crippen LogP contribution is -2.21. The van der Waals surface area contributed by atoms with Crippen LogP contribution in [0.25, 0.3) is 0 Å². The van der Waals surface area contributed by atoms with E-state index >= 15 is 0 Å². The van der Waals surface area contributed by atoms with E-state index in [0.717, 1.165) is 6.42 Å². The molecule has 22 heavy (non-hydrogen) atoms. The van der Waals surface area contributed by atoms with Crippen LogP contribution in [0, 0.1) is 11.8 Å². The van der Waals surface area contributed by atoms with Crippen molar-refractivity contribution in [1.29, 1.82) is 0 Å². The van der Waals surface area contributed by atoms with Gasteiger partial charge >= 0.3 is 5.97 Å². The maximum Gasteiger partial charge on any atom is 0.310 e. The maximum atomic E-state index is 12.7. The number of carbonyl (C=O) groups excluding carboxylic acids is 2. The van der Waals surface area contributed by atoms with Gasteiger partial charge < -0.3 is 4.74 Å². The van der Waals surface area contributed by atoms with Crippen LogP contribution in [0.15, 0.2) is 60.7 Å². The van der Waals surface area contributed by atoms with Crippen molar-refractivity contribution in [3.05, 3.63) is 71.8 Å². The fraction of sp³-hybridized carbons (Fsp3) is 0.263. The SMILES string of the molecule is CC1CC1C(=O)OC(C(=O)c1ccccc1)c1ccccc1. The standard InChI is InChI=1S/C19H18O3/c1-13-12-16(13)19(21)22-18(15-10-6-3-7-11-15)17(20)14-8-4-2-5-9-14/h2-11,13,16,18H,12H2,1H3. The molecule has 0 amide bonds. The fourth-order valence-electron chi connectivity index (χ4n) is 2.51. The molecule has 0 N–H and O–H groups in total. The van der Waals surface area contributed by atoms with Gasteiger partial charge in [0.2, 0.25) is 5.78 Å². The maximum absolute atomic E-state index is 12.7. The first-order chi connectivity index (χ1) is 10.7. The Hall–Kier alpha value is -2.42. The third kappa shape index (κ3) is 3.08. The summed E-state index contributed by atoms with van der Waals surface area (Å²) in [5, 5.41) is 0. The fourth-order valence-corrected chi connectivity index (χ4v) is 2.51. The monoisotopic (exact) mass is 294 g/mol. The Morgan fingerprint density at radius 1 is 1.00 bits per heavy atom. The normalized spacial score (nSPS) is 21.0. The number of hydrogen-bond acceptors (Lipinski definition) is 3. The Morgan fingerprint density at radius 2 is 1.55 bits per heavy atom. The second-order valence-corrected chi connectivity index (χ2v) is 5.78. The highest BCUT2D eigenvalue weighted by Gasteiger charge is 2.42. The van der Waals surface area contributed by atoms with Crippen molar-refractivity contribution in [2.45, 2.75) is 19.4 Å². The van der Waals surface area contributed by atoms with E-state index in [0.29, 0.717) is 17.0 Å². The second-order valence-electron chi connectivity index (χ2n) is 5.78. The molecule has 3 rings (SSSR count). The first kappa shape index (κ1) is 14.5. The van der Waals surface area contributed by atoms with Crippen molar-refractivity contribution in [3.8, 4) is 0 Å². The van der Waals surface area contributed by atoms with E-state index in [-0.39, 0.29) is 17.7 Å². The summed E-state index contributed by atoms with van der Waals surface area (Å²) in [5.74, 6) is -0.162. The number of esters is 1. The third-order valence-corrected chi connectivity index (χ3v) is 4.04. The summed E-state index contributed by atoms with van der Waals surface area (Å²) in [5.41, 5.74) is 1.26. The van der Waals surface area contributed by atoms with Crippen molar-refractivity contribution in [3.63, 3.8) is 0 Å². The zero-order valence-electron chi connectivity index (χ0n) is 12.4. The predicted molar refractivity (Wildman–Crippen MR) is 83.3 cm³/mol. The summed E-state index contributed by atoms with van der Waals surface area (Å²) in [6.45, 7) is 2.02. The van der Waals surface area contributed by atoms with Gasteiger partial charge in [-0.3, -0.25) is 9.59 Å². The molecule has 1 saturated carbocycles. The minimum absolute atomic E-state index is 0.0604. The van der Waals surface area contributed by atoms with Gasteiger partial charge in [0, 0.05) is 11.1 Å². The van der Waals surface area contributed by atoms with Crippen molar-refractivity contribution < 1.29 is 14.3 Å². The molecule has 1 fully saturated rings. The van der Waals surface area contributed by atoms with Crippen LogP contribution in [0.4, 0.5) is 0 Å². The van der Waals surface area contributed by atoms with Crippen molar-refractivity contribution in [1.82, 2.24) is 0 Å². The summed E-state index contributed by atoms with van der Waals surface area (Å²) >= 11 is 0. The van der Waals surface area contributed by atoms with Crippen LogP contribution in [0.2, 0.25) is 0 Å². The molecule has 3 atom stereocenters. The van der Waals surface area contributed by atoms with Crippen molar-refractivity contribution in [2.75, 3.05) is 0 Å². The largest absolute Gasteiger partial charge is 0.449 e. The number of rotatable bonds is 5. The average Bonchev–Trinajstić information content (AvgIpc) is 3.30. The Bertz CT molecular complexity index is 664. The van der Waals surface area contributed by atoms with Crippen LogP contribution < -0.4 is 0 Å². The van der Waals surface area contributed by atoms with Gasteiger partial charge in [0.1, 0.15) is 0 Å². The Kier molecular flexibility index (Phi) is 4.05. The second kappa shape index (κ2) is 6.14. The Labute approximate surface area is 129 Å². The molecule has 112 valence electrons. The molecule has 3 nitrogen and oxygen atoms in total. The minimum Gasteiger partial charge on any atom is -0.449 e. The molecular formula is C19H18O3. The molecule has 2 aromatic carbocycles. The van der Waals surface area contributed by atoms with Gasteiger partial charge in [-0.1, -0.05) is 67.6 Å². The summed E-state index contributed by atoms with van der Waals surface area (Å²) in [7, 11) is 0. The molecule has 0 radical (unpaired) electrons. The van der Waals surface area contributed by atoms with E-state index in [1.807, 2.05) is 43.3 Å². The van der Waals surface area contributed by atoms with Gasteiger partial charge in [-0.15, -0.1) is 0 Å². The zero-order chi connectivity index (χ0) is 15.5. The van der Waals surface area contributed by atoms with E-state index in [2.05, 4.69) is 0 Å². The first-order valence-electron chi connectivity index (χ1n) is 7.51. The molecule has 3 heteroatoms. The number of hydrogen-bond donors (Lipinski definition) is 0. The van der Waals surface area contributed by atoms with E-state index in [1.54, 1.807) is 24.3 Å². The molecule has 0 saturated heterocycles. The molecule has 0 bridgehead atoms. The van der Waals surface area contributed by atoms with Gasteiger partial charge in [-0.05, 0) is 12.3 Å².